The quantitative estimate of drug-likeness (QED) is 0.864. The highest BCUT2D eigenvalue weighted by Crippen LogP contribution is 2.48. The summed E-state index contributed by atoms with van der Waals surface area (Å²) in [5.41, 5.74) is 1.72. The van der Waals surface area contributed by atoms with Crippen molar-refractivity contribution in [2.75, 3.05) is 5.32 Å². The van der Waals surface area contributed by atoms with Crippen LogP contribution in [0.2, 0.25) is 0 Å². The van der Waals surface area contributed by atoms with Gasteiger partial charge in [-0.25, -0.2) is 8.78 Å². The molecule has 4 nitrogen and oxygen atoms in total. The predicted octanol–water partition coefficient (Wildman–Crippen LogP) is 3.90. The van der Waals surface area contributed by atoms with Crippen LogP contribution in [0.3, 0.4) is 0 Å². The highest BCUT2D eigenvalue weighted by molar-refractivity contribution is 5.95. The van der Waals surface area contributed by atoms with Crippen molar-refractivity contribution in [2.45, 2.75) is 25.2 Å². The predicted molar refractivity (Wildman–Crippen MR) is 88.3 cm³/mol. The first-order valence-electron chi connectivity index (χ1n) is 7.95. The fraction of sp³-hybridized carbons (Fsp3) is 0.263. The zero-order chi connectivity index (χ0) is 18.1. The summed E-state index contributed by atoms with van der Waals surface area (Å²) in [5, 5.41) is 11.8. The third kappa shape index (κ3) is 3.68. The first kappa shape index (κ1) is 17.1. The van der Waals surface area contributed by atoms with E-state index >= 15 is 0 Å². The van der Waals surface area contributed by atoms with Crippen molar-refractivity contribution < 1.29 is 23.5 Å². The highest BCUT2D eigenvalue weighted by Gasteiger charge is 2.44. The number of hydrogen-bond donors (Lipinski definition) is 2. The smallest absolute Gasteiger partial charge is 0.310 e. The van der Waals surface area contributed by atoms with Gasteiger partial charge in [0.2, 0.25) is 5.91 Å². The number of rotatable bonds is 5. The Balaban J connectivity index is 1.67. The van der Waals surface area contributed by atoms with Gasteiger partial charge in [-0.1, -0.05) is 18.2 Å². The summed E-state index contributed by atoms with van der Waals surface area (Å²) in [6, 6.07) is 10.4. The second kappa shape index (κ2) is 6.63. The Bertz CT molecular complexity index is 837. The van der Waals surface area contributed by atoms with Gasteiger partial charge in [0.25, 0.3) is 0 Å². The zero-order valence-corrected chi connectivity index (χ0v) is 13.5. The van der Waals surface area contributed by atoms with Gasteiger partial charge in [0.1, 0.15) is 0 Å². The Morgan fingerprint density at radius 2 is 1.92 bits per heavy atom. The van der Waals surface area contributed by atoms with Crippen molar-refractivity contribution in [3.63, 3.8) is 0 Å². The van der Waals surface area contributed by atoms with Gasteiger partial charge in [-0.2, -0.15) is 0 Å². The molecule has 1 saturated carbocycles. The third-order valence-electron chi connectivity index (χ3n) is 4.52. The SMILES string of the molecule is CC(C(=O)O)c1cccc(NC(=O)C2CC2c2ccc(F)c(F)c2)c1. The van der Waals surface area contributed by atoms with E-state index in [0.717, 1.165) is 12.1 Å². The molecule has 0 radical (unpaired) electrons. The van der Waals surface area contributed by atoms with Crippen molar-refractivity contribution in [1.82, 2.24) is 0 Å². The third-order valence-corrected chi connectivity index (χ3v) is 4.52. The molecule has 0 aliphatic heterocycles. The lowest BCUT2D eigenvalue weighted by Gasteiger charge is -2.10. The highest BCUT2D eigenvalue weighted by atomic mass is 19.2. The first-order chi connectivity index (χ1) is 11.9. The van der Waals surface area contributed by atoms with Crippen LogP contribution in [-0.2, 0) is 9.59 Å². The van der Waals surface area contributed by atoms with Gasteiger partial charge in [0, 0.05) is 11.6 Å². The fourth-order valence-corrected chi connectivity index (χ4v) is 2.86. The molecule has 3 atom stereocenters. The van der Waals surface area contributed by atoms with E-state index in [9.17, 15) is 18.4 Å². The molecule has 0 saturated heterocycles. The average Bonchev–Trinajstić information content (AvgIpc) is 3.37. The van der Waals surface area contributed by atoms with Crippen LogP contribution in [0.5, 0.6) is 0 Å². The molecule has 3 unspecified atom stereocenters. The van der Waals surface area contributed by atoms with Gasteiger partial charge < -0.3 is 10.4 Å². The summed E-state index contributed by atoms with van der Waals surface area (Å²) in [6.45, 7) is 1.57. The molecular weight excluding hydrogens is 328 g/mol. The maximum absolute atomic E-state index is 13.3. The molecule has 2 aromatic rings. The second-order valence-electron chi connectivity index (χ2n) is 6.30. The number of amides is 1. The van der Waals surface area contributed by atoms with Crippen LogP contribution in [0.25, 0.3) is 0 Å². The normalized spacial score (nSPS) is 20.0. The van der Waals surface area contributed by atoms with E-state index in [2.05, 4.69) is 5.32 Å². The minimum absolute atomic E-state index is 0.128. The largest absolute Gasteiger partial charge is 0.481 e. The molecule has 0 spiro atoms. The van der Waals surface area contributed by atoms with Crippen molar-refractivity contribution in [1.29, 1.82) is 0 Å². The lowest BCUT2D eigenvalue weighted by atomic mass is 10.0. The van der Waals surface area contributed by atoms with Crippen LogP contribution in [0.15, 0.2) is 42.5 Å². The molecule has 0 bridgehead atoms. The maximum atomic E-state index is 13.3. The number of halogens is 2. The minimum atomic E-state index is -0.941. The molecule has 0 heterocycles. The molecule has 2 aromatic carbocycles. The van der Waals surface area contributed by atoms with Crippen molar-refractivity contribution in [2.24, 2.45) is 5.92 Å². The van der Waals surface area contributed by atoms with Gasteiger partial charge in [-0.3, -0.25) is 9.59 Å². The Morgan fingerprint density at radius 1 is 1.16 bits per heavy atom. The lowest BCUT2D eigenvalue weighted by Crippen LogP contribution is -2.15. The van der Waals surface area contributed by atoms with Crippen molar-refractivity contribution >= 4 is 17.6 Å². The standard InChI is InChI=1S/C19H17F2NO3/c1-10(19(24)25)11-3-2-4-13(7-11)22-18(23)15-9-14(15)12-5-6-16(20)17(21)8-12/h2-8,10,14-15H,9H2,1H3,(H,22,23)(H,24,25). The summed E-state index contributed by atoms with van der Waals surface area (Å²) in [4.78, 5) is 23.4. The minimum Gasteiger partial charge on any atom is -0.481 e. The monoisotopic (exact) mass is 345 g/mol. The Hall–Kier alpha value is -2.76. The number of carboxylic acid groups (broad SMARTS) is 1. The lowest BCUT2D eigenvalue weighted by molar-refractivity contribution is -0.138. The number of anilines is 1. The molecule has 2 N–H and O–H groups in total. The van der Waals surface area contributed by atoms with Crippen molar-refractivity contribution in [3.05, 3.63) is 65.2 Å². The summed E-state index contributed by atoms with van der Waals surface area (Å²) in [7, 11) is 0. The topological polar surface area (TPSA) is 66.4 Å². The van der Waals surface area contributed by atoms with Crippen LogP contribution in [-0.4, -0.2) is 17.0 Å². The van der Waals surface area contributed by atoms with E-state index in [-0.39, 0.29) is 17.7 Å². The van der Waals surface area contributed by atoms with Gasteiger partial charge >= 0.3 is 5.97 Å². The van der Waals surface area contributed by atoms with E-state index < -0.39 is 23.5 Å². The van der Waals surface area contributed by atoms with E-state index in [1.807, 2.05) is 0 Å². The molecule has 1 aliphatic carbocycles. The number of aliphatic carboxylic acids is 1. The average molecular weight is 345 g/mol. The zero-order valence-electron chi connectivity index (χ0n) is 13.5. The van der Waals surface area contributed by atoms with Crippen LogP contribution < -0.4 is 5.32 Å². The van der Waals surface area contributed by atoms with Gasteiger partial charge in [-0.05, 0) is 54.7 Å². The molecule has 1 fully saturated rings. The number of benzene rings is 2. The van der Waals surface area contributed by atoms with E-state index in [1.165, 1.54) is 6.07 Å². The molecule has 6 heteroatoms. The molecule has 0 aromatic heterocycles. The number of nitrogens with one attached hydrogen (secondary N) is 1. The number of carbonyl (C=O) groups excluding carboxylic acids is 1. The summed E-state index contributed by atoms with van der Waals surface area (Å²) in [6.07, 6.45) is 0.572. The van der Waals surface area contributed by atoms with Crippen molar-refractivity contribution in [3.8, 4) is 0 Å². The fourth-order valence-electron chi connectivity index (χ4n) is 2.86. The maximum Gasteiger partial charge on any atom is 0.310 e. The second-order valence-corrected chi connectivity index (χ2v) is 6.30. The van der Waals surface area contributed by atoms with Crippen LogP contribution in [0.4, 0.5) is 14.5 Å². The molecule has 3 rings (SSSR count). The van der Waals surface area contributed by atoms with Gasteiger partial charge in [0.05, 0.1) is 5.92 Å². The molecule has 1 amide bonds. The van der Waals surface area contributed by atoms with E-state index in [1.54, 1.807) is 31.2 Å². The molecular formula is C19H17F2NO3. The molecule has 1 aliphatic rings. The van der Waals surface area contributed by atoms with Gasteiger partial charge in [0.15, 0.2) is 11.6 Å². The van der Waals surface area contributed by atoms with Gasteiger partial charge in [-0.15, -0.1) is 0 Å². The van der Waals surface area contributed by atoms with Crippen LogP contribution in [0.1, 0.15) is 36.3 Å². The van der Waals surface area contributed by atoms with Crippen LogP contribution >= 0.6 is 0 Å². The number of carboxylic acids is 1. The summed E-state index contributed by atoms with van der Waals surface area (Å²) >= 11 is 0. The van der Waals surface area contributed by atoms with Crippen LogP contribution in [0, 0.1) is 17.6 Å². The summed E-state index contributed by atoms with van der Waals surface area (Å²) < 4.78 is 26.3. The molecule has 130 valence electrons. The Labute approximate surface area is 143 Å². The number of hydrogen-bond acceptors (Lipinski definition) is 2. The van der Waals surface area contributed by atoms with E-state index in [4.69, 9.17) is 5.11 Å². The first-order valence-corrected chi connectivity index (χ1v) is 7.95. The summed E-state index contributed by atoms with van der Waals surface area (Å²) in [5.74, 6) is -4.08. The number of carbonyl (C=O) groups is 2. The Kier molecular flexibility index (Phi) is 4.53. The Morgan fingerprint density at radius 3 is 2.60 bits per heavy atom. The molecule has 25 heavy (non-hydrogen) atoms. The van der Waals surface area contributed by atoms with E-state index in [0.29, 0.717) is 23.2 Å².